The summed E-state index contributed by atoms with van der Waals surface area (Å²) in [6, 6.07) is 6.50. The molecule has 3 heterocycles. The van der Waals surface area contributed by atoms with Gasteiger partial charge >= 0.3 is 12.1 Å². The van der Waals surface area contributed by atoms with Crippen LogP contribution in [0.2, 0.25) is 0 Å². The molecule has 0 saturated carbocycles. The van der Waals surface area contributed by atoms with E-state index in [4.69, 9.17) is 9.90 Å². The van der Waals surface area contributed by atoms with Crippen LogP contribution in [0.25, 0.3) is 0 Å². The molecule has 4 rings (SSSR count). The SMILES string of the molecule is O=C(O)C(F)(F)F.O=C(c1ccc(O)cc1)N1C[C@@H]2CCN(c3cnccn3)C[C@@H]2C1. The summed E-state index contributed by atoms with van der Waals surface area (Å²) in [4.78, 5) is 34.3. The molecule has 2 aliphatic heterocycles. The van der Waals surface area contributed by atoms with Crippen LogP contribution in [0.3, 0.4) is 0 Å². The Kier molecular flexibility index (Phi) is 6.62. The molecule has 2 saturated heterocycles. The van der Waals surface area contributed by atoms with Gasteiger partial charge in [0.1, 0.15) is 11.6 Å². The third-order valence-corrected chi connectivity index (χ3v) is 5.32. The zero-order valence-corrected chi connectivity index (χ0v) is 16.4. The summed E-state index contributed by atoms with van der Waals surface area (Å²) < 4.78 is 31.7. The molecule has 2 N–H and O–H groups in total. The zero-order valence-electron chi connectivity index (χ0n) is 16.4. The van der Waals surface area contributed by atoms with E-state index in [-0.39, 0.29) is 11.7 Å². The van der Waals surface area contributed by atoms with E-state index in [1.165, 1.54) is 0 Å². The summed E-state index contributed by atoms with van der Waals surface area (Å²) in [6.07, 6.45) is 1.19. The molecule has 0 unspecified atom stereocenters. The molecule has 0 spiro atoms. The zero-order chi connectivity index (χ0) is 22.6. The van der Waals surface area contributed by atoms with Crippen molar-refractivity contribution in [3.8, 4) is 5.75 Å². The molecule has 0 aliphatic carbocycles. The van der Waals surface area contributed by atoms with Crippen molar-refractivity contribution >= 4 is 17.7 Å². The van der Waals surface area contributed by atoms with Crippen molar-refractivity contribution in [2.75, 3.05) is 31.1 Å². The number of carboxylic acid groups (broad SMARTS) is 1. The summed E-state index contributed by atoms with van der Waals surface area (Å²) in [5.74, 6) is -0.579. The minimum absolute atomic E-state index is 0.0513. The van der Waals surface area contributed by atoms with E-state index < -0.39 is 12.1 Å². The van der Waals surface area contributed by atoms with Gasteiger partial charge in [-0.05, 0) is 42.5 Å². The molecule has 8 nitrogen and oxygen atoms in total. The molecular formula is C20H21F3N4O4. The average Bonchev–Trinajstić information content (AvgIpc) is 3.17. The number of phenolic OH excluding ortho intramolecular Hbond substituents is 1. The van der Waals surface area contributed by atoms with Crippen molar-refractivity contribution in [1.29, 1.82) is 0 Å². The van der Waals surface area contributed by atoms with Gasteiger partial charge in [0.2, 0.25) is 0 Å². The summed E-state index contributed by atoms with van der Waals surface area (Å²) in [6.45, 7) is 3.48. The molecule has 2 fully saturated rings. The third-order valence-electron chi connectivity index (χ3n) is 5.32. The average molecular weight is 438 g/mol. The van der Waals surface area contributed by atoms with Gasteiger partial charge in [-0.1, -0.05) is 0 Å². The number of nitrogens with zero attached hydrogens (tertiary/aromatic N) is 4. The first-order valence-corrected chi connectivity index (χ1v) is 9.54. The van der Waals surface area contributed by atoms with Crippen LogP contribution < -0.4 is 4.90 Å². The van der Waals surface area contributed by atoms with Crippen LogP contribution in [0.1, 0.15) is 16.8 Å². The lowest BCUT2D eigenvalue weighted by Crippen LogP contribution is -2.40. The number of aliphatic carboxylic acids is 1. The van der Waals surface area contributed by atoms with Crippen LogP contribution >= 0.6 is 0 Å². The fourth-order valence-corrected chi connectivity index (χ4v) is 3.78. The number of carboxylic acids is 1. The van der Waals surface area contributed by atoms with Gasteiger partial charge in [0.05, 0.1) is 6.20 Å². The largest absolute Gasteiger partial charge is 0.508 e. The Hall–Kier alpha value is -3.37. The van der Waals surface area contributed by atoms with Gasteiger partial charge in [-0.15, -0.1) is 0 Å². The number of carbonyl (C=O) groups is 2. The molecule has 166 valence electrons. The highest BCUT2D eigenvalue weighted by Gasteiger charge is 2.39. The smallest absolute Gasteiger partial charge is 0.490 e. The number of phenols is 1. The van der Waals surface area contributed by atoms with E-state index in [0.717, 1.165) is 38.4 Å². The summed E-state index contributed by atoms with van der Waals surface area (Å²) in [5, 5.41) is 16.5. The van der Waals surface area contributed by atoms with E-state index in [9.17, 15) is 23.1 Å². The van der Waals surface area contributed by atoms with Gasteiger partial charge in [0, 0.05) is 44.1 Å². The first kappa shape index (κ1) is 22.3. The Morgan fingerprint density at radius 1 is 1.03 bits per heavy atom. The maximum Gasteiger partial charge on any atom is 0.490 e. The molecule has 11 heteroatoms. The van der Waals surface area contributed by atoms with E-state index in [0.29, 0.717) is 17.4 Å². The molecule has 1 aromatic carbocycles. The second-order valence-electron chi connectivity index (χ2n) is 7.38. The highest BCUT2D eigenvalue weighted by molar-refractivity contribution is 5.94. The third kappa shape index (κ3) is 5.62. The molecule has 2 aromatic rings. The van der Waals surface area contributed by atoms with Crippen molar-refractivity contribution in [3.63, 3.8) is 0 Å². The van der Waals surface area contributed by atoms with Gasteiger partial charge in [-0.3, -0.25) is 9.78 Å². The molecule has 31 heavy (non-hydrogen) atoms. The number of benzene rings is 1. The molecule has 1 amide bonds. The number of aromatic nitrogens is 2. The van der Waals surface area contributed by atoms with Crippen LogP contribution in [0.4, 0.5) is 19.0 Å². The predicted octanol–water partition coefficient (Wildman–Crippen LogP) is 2.41. The standard InChI is InChI=1S/C18H20N4O2.C2HF3O2/c23-16-3-1-13(2-4-16)18(24)22-10-14-5-8-21(11-15(14)12-22)17-9-19-6-7-20-17;3-2(4,5)1(6)7/h1-4,6-7,9,14-15,23H,5,8,10-12H2;(H,6,7)/t14-,15+;/m0./s1. The highest BCUT2D eigenvalue weighted by Crippen LogP contribution is 2.33. The normalized spacial score (nSPS) is 20.5. The number of aromatic hydroxyl groups is 1. The number of rotatable bonds is 2. The second kappa shape index (κ2) is 9.19. The van der Waals surface area contributed by atoms with Crippen LogP contribution in [0.15, 0.2) is 42.9 Å². The minimum Gasteiger partial charge on any atom is -0.508 e. The molecule has 2 atom stereocenters. The van der Waals surface area contributed by atoms with Crippen molar-refractivity contribution in [1.82, 2.24) is 14.9 Å². The van der Waals surface area contributed by atoms with E-state index in [2.05, 4.69) is 14.9 Å². The Morgan fingerprint density at radius 3 is 2.26 bits per heavy atom. The number of likely N-dealkylation sites (tertiary alicyclic amines) is 1. The summed E-state index contributed by atoms with van der Waals surface area (Å²) in [7, 11) is 0. The Bertz CT molecular complexity index is 909. The maximum absolute atomic E-state index is 12.7. The minimum atomic E-state index is -5.08. The quantitative estimate of drug-likeness (QED) is 0.742. The number of anilines is 1. The topological polar surface area (TPSA) is 107 Å². The lowest BCUT2D eigenvalue weighted by molar-refractivity contribution is -0.192. The number of carbonyl (C=O) groups excluding carboxylic acids is 1. The molecular weight excluding hydrogens is 417 g/mol. The number of hydrogen-bond donors (Lipinski definition) is 2. The molecule has 0 radical (unpaired) electrons. The highest BCUT2D eigenvalue weighted by atomic mass is 19.4. The first-order chi connectivity index (χ1) is 14.6. The van der Waals surface area contributed by atoms with Crippen LogP contribution in [0, 0.1) is 11.8 Å². The molecule has 0 bridgehead atoms. The molecule has 1 aromatic heterocycles. The number of fused-ring (bicyclic) bond motifs is 1. The molecule has 2 aliphatic rings. The van der Waals surface area contributed by atoms with Gasteiger partial charge in [0.15, 0.2) is 0 Å². The van der Waals surface area contributed by atoms with Gasteiger partial charge in [-0.2, -0.15) is 13.2 Å². The van der Waals surface area contributed by atoms with Crippen molar-refractivity contribution in [3.05, 3.63) is 48.4 Å². The van der Waals surface area contributed by atoms with E-state index in [1.807, 2.05) is 4.90 Å². The van der Waals surface area contributed by atoms with Gasteiger partial charge in [0.25, 0.3) is 5.91 Å². The number of amides is 1. The Morgan fingerprint density at radius 2 is 1.68 bits per heavy atom. The van der Waals surface area contributed by atoms with Crippen molar-refractivity contribution < 1.29 is 33.0 Å². The number of piperidine rings is 1. The monoisotopic (exact) mass is 438 g/mol. The predicted molar refractivity (Wildman–Crippen MR) is 104 cm³/mol. The van der Waals surface area contributed by atoms with Crippen LogP contribution in [0.5, 0.6) is 5.75 Å². The number of alkyl halides is 3. The Labute approximate surface area is 175 Å². The lowest BCUT2D eigenvalue weighted by atomic mass is 9.89. The second-order valence-corrected chi connectivity index (χ2v) is 7.38. The van der Waals surface area contributed by atoms with Crippen molar-refractivity contribution in [2.24, 2.45) is 11.8 Å². The van der Waals surface area contributed by atoms with Gasteiger partial charge in [-0.25, -0.2) is 9.78 Å². The van der Waals surface area contributed by atoms with Crippen molar-refractivity contribution in [2.45, 2.75) is 12.6 Å². The number of halogens is 3. The van der Waals surface area contributed by atoms with E-state index in [1.54, 1.807) is 42.9 Å². The van der Waals surface area contributed by atoms with Crippen LogP contribution in [-0.4, -0.2) is 69.3 Å². The number of hydrogen-bond acceptors (Lipinski definition) is 6. The van der Waals surface area contributed by atoms with E-state index >= 15 is 0 Å². The fourth-order valence-electron chi connectivity index (χ4n) is 3.78. The summed E-state index contributed by atoms with van der Waals surface area (Å²) in [5.41, 5.74) is 0.636. The van der Waals surface area contributed by atoms with Gasteiger partial charge < -0.3 is 20.0 Å². The van der Waals surface area contributed by atoms with Crippen LogP contribution in [-0.2, 0) is 4.79 Å². The maximum atomic E-state index is 12.7. The summed E-state index contributed by atoms with van der Waals surface area (Å²) >= 11 is 0. The Balaban J connectivity index is 0.000000339. The lowest BCUT2D eigenvalue weighted by Gasteiger charge is -2.34. The first-order valence-electron chi connectivity index (χ1n) is 9.54. The fraction of sp³-hybridized carbons (Fsp3) is 0.400.